The van der Waals surface area contributed by atoms with Crippen LogP contribution in [0.15, 0.2) is 76.9 Å². The van der Waals surface area contributed by atoms with E-state index in [0.717, 1.165) is 16.4 Å². The zero-order valence-electron chi connectivity index (χ0n) is 17.6. The van der Waals surface area contributed by atoms with E-state index in [0.29, 0.717) is 34.0 Å². The molecule has 162 valence electrons. The van der Waals surface area contributed by atoms with Gasteiger partial charge < -0.3 is 25.6 Å². The summed E-state index contributed by atoms with van der Waals surface area (Å²) in [5, 5.41) is 4.65. The molecule has 1 heterocycles. The lowest BCUT2D eigenvalue weighted by atomic mass is 10.1. The Morgan fingerprint density at radius 1 is 0.969 bits per heavy atom. The summed E-state index contributed by atoms with van der Waals surface area (Å²) < 4.78 is 11.3. The monoisotopic (exact) mass is 430 g/mol. The normalized spacial score (nSPS) is 11.4. The summed E-state index contributed by atoms with van der Waals surface area (Å²) in [6.07, 6.45) is 1.32. The molecular weight excluding hydrogens is 408 g/mol. The Hall–Kier alpha value is -4.46. The van der Waals surface area contributed by atoms with Crippen molar-refractivity contribution in [3.63, 3.8) is 0 Å². The number of para-hydroxylation sites is 2. The molecule has 0 spiro atoms. The fourth-order valence-electron chi connectivity index (χ4n) is 3.35. The third-order valence-corrected chi connectivity index (χ3v) is 4.88. The van der Waals surface area contributed by atoms with Crippen molar-refractivity contribution in [2.75, 3.05) is 18.2 Å². The molecule has 8 heteroatoms. The Morgan fingerprint density at radius 2 is 1.72 bits per heavy atom. The molecule has 0 fully saturated rings. The molecular formula is C24H22N4O4. The van der Waals surface area contributed by atoms with Crippen LogP contribution in [0.25, 0.3) is 21.9 Å². The predicted molar refractivity (Wildman–Crippen MR) is 124 cm³/mol. The fourth-order valence-corrected chi connectivity index (χ4v) is 3.35. The van der Waals surface area contributed by atoms with Crippen LogP contribution >= 0.6 is 0 Å². The third kappa shape index (κ3) is 4.20. The Bertz CT molecular complexity index is 1360. The average molecular weight is 430 g/mol. The number of anilines is 2. The van der Waals surface area contributed by atoms with Crippen molar-refractivity contribution in [2.45, 2.75) is 6.92 Å². The highest BCUT2D eigenvalue weighted by Crippen LogP contribution is 2.36. The van der Waals surface area contributed by atoms with E-state index in [-0.39, 0.29) is 0 Å². The van der Waals surface area contributed by atoms with Crippen molar-refractivity contribution in [3.05, 3.63) is 78.0 Å². The highest BCUT2D eigenvalue weighted by Gasteiger charge is 2.14. The number of furan rings is 1. The quantitative estimate of drug-likeness (QED) is 0.209. The number of hydrazine groups is 1. The number of carbonyl (C=O) groups is 2. The van der Waals surface area contributed by atoms with Gasteiger partial charge in [-0.15, -0.1) is 0 Å². The predicted octanol–water partition coefficient (Wildman–Crippen LogP) is 3.95. The molecule has 0 aliphatic heterocycles. The molecule has 32 heavy (non-hydrogen) atoms. The minimum absolute atomic E-state index is 0.334. The Morgan fingerprint density at radius 3 is 2.50 bits per heavy atom. The van der Waals surface area contributed by atoms with Crippen molar-refractivity contribution in [2.24, 2.45) is 0 Å². The van der Waals surface area contributed by atoms with E-state index < -0.39 is 11.8 Å². The van der Waals surface area contributed by atoms with Crippen molar-refractivity contribution in [3.8, 4) is 5.75 Å². The standard InChI is InChI=1S/C24H22N4O4/c1-14(27-28-24(30)16-8-3-5-9-18(16)25)11-23(29)26-19-13-21-17(12-22(19)31-2)15-7-4-6-10-20(15)32-21/h3-13,27H,25H2,1-2H3,(H,26,29)(H,28,30). The van der Waals surface area contributed by atoms with Gasteiger partial charge in [0.15, 0.2) is 0 Å². The number of nitrogen functional groups attached to an aromatic ring is 1. The van der Waals surface area contributed by atoms with Gasteiger partial charge in [0.25, 0.3) is 5.91 Å². The van der Waals surface area contributed by atoms with Crippen molar-refractivity contribution in [1.82, 2.24) is 10.9 Å². The van der Waals surface area contributed by atoms with Crippen LogP contribution in [0, 0.1) is 0 Å². The lowest BCUT2D eigenvalue weighted by Gasteiger charge is -2.11. The van der Waals surface area contributed by atoms with Gasteiger partial charge in [0.1, 0.15) is 16.9 Å². The molecule has 3 aromatic carbocycles. The van der Waals surface area contributed by atoms with Crippen LogP contribution in [0.5, 0.6) is 5.75 Å². The third-order valence-electron chi connectivity index (χ3n) is 4.88. The van der Waals surface area contributed by atoms with E-state index in [1.54, 1.807) is 37.3 Å². The number of hydrogen-bond donors (Lipinski definition) is 4. The first kappa shape index (κ1) is 20.8. The van der Waals surface area contributed by atoms with Crippen LogP contribution < -0.4 is 26.6 Å². The number of ether oxygens (including phenoxy) is 1. The van der Waals surface area contributed by atoms with E-state index in [1.165, 1.54) is 13.2 Å². The minimum atomic E-state index is -0.409. The molecule has 8 nitrogen and oxygen atoms in total. The molecule has 0 bridgehead atoms. The zero-order chi connectivity index (χ0) is 22.7. The molecule has 5 N–H and O–H groups in total. The summed E-state index contributed by atoms with van der Waals surface area (Å²) in [6, 6.07) is 17.9. The number of benzene rings is 3. The SMILES string of the molecule is COc1cc2c(cc1NC(=O)C=C(C)NNC(=O)c1ccccc1N)oc1ccccc12. The van der Waals surface area contributed by atoms with Crippen LogP contribution in [0.3, 0.4) is 0 Å². The minimum Gasteiger partial charge on any atom is -0.495 e. The van der Waals surface area contributed by atoms with E-state index in [2.05, 4.69) is 16.2 Å². The summed E-state index contributed by atoms with van der Waals surface area (Å²) >= 11 is 0. The van der Waals surface area contributed by atoms with Gasteiger partial charge in [0.2, 0.25) is 5.91 Å². The summed E-state index contributed by atoms with van der Waals surface area (Å²) in [5.74, 6) is -0.310. The van der Waals surface area contributed by atoms with Crippen molar-refractivity contribution in [1.29, 1.82) is 0 Å². The van der Waals surface area contributed by atoms with Crippen LogP contribution in [0.4, 0.5) is 11.4 Å². The molecule has 4 rings (SSSR count). The number of rotatable bonds is 6. The summed E-state index contributed by atoms with van der Waals surface area (Å²) in [6.45, 7) is 1.65. The number of allylic oxidation sites excluding steroid dienone is 1. The summed E-state index contributed by atoms with van der Waals surface area (Å²) in [7, 11) is 1.53. The molecule has 0 radical (unpaired) electrons. The number of amides is 2. The second-order valence-electron chi connectivity index (χ2n) is 7.13. The van der Waals surface area contributed by atoms with Gasteiger partial charge in [0, 0.05) is 34.3 Å². The van der Waals surface area contributed by atoms with E-state index in [1.807, 2.05) is 30.3 Å². The van der Waals surface area contributed by atoms with Crippen LogP contribution in [0.1, 0.15) is 17.3 Å². The van der Waals surface area contributed by atoms with E-state index in [4.69, 9.17) is 14.9 Å². The first-order valence-electron chi connectivity index (χ1n) is 9.85. The summed E-state index contributed by atoms with van der Waals surface area (Å²) in [4.78, 5) is 24.7. The van der Waals surface area contributed by atoms with Crippen LogP contribution in [-0.2, 0) is 4.79 Å². The largest absolute Gasteiger partial charge is 0.495 e. The first-order chi connectivity index (χ1) is 15.5. The highest BCUT2D eigenvalue weighted by atomic mass is 16.5. The number of fused-ring (bicyclic) bond motifs is 3. The van der Waals surface area contributed by atoms with E-state index >= 15 is 0 Å². The highest BCUT2D eigenvalue weighted by molar-refractivity contribution is 6.08. The molecule has 0 unspecified atom stereocenters. The van der Waals surface area contributed by atoms with Gasteiger partial charge in [0.05, 0.1) is 18.4 Å². The molecule has 0 aliphatic rings. The number of methoxy groups -OCH3 is 1. The van der Waals surface area contributed by atoms with Gasteiger partial charge in [-0.2, -0.15) is 0 Å². The second-order valence-corrected chi connectivity index (χ2v) is 7.13. The topological polar surface area (TPSA) is 119 Å². The van der Waals surface area contributed by atoms with Gasteiger partial charge in [-0.3, -0.25) is 15.0 Å². The first-order valence-corrected chi connectivity index (χ1v) is 9.85. The number of nitrogens with one attached hydrogen (secondary N) is 3. The molecule has 0 saturated heterocycles. The molecule has 0 saturated carbocycles. The van der Waals surface area contributed by atoms with Gasteiger partial charge in [-0.1, -0.05) is 30.3 Å². The van der Waals surface area contributed by atoms with Gasteiger partial charge >= 0.3 is 0 Å². The van der Waals surface area contributed by atoms with Gasteiger partial charge in [-0.05, 0) is 31.2 Å². The van der Waals surface area contributed by atoms with Crippen LogP contribution in [0.2, 0.25) is 0 Å². The maximum atomic E-state index is 12.5. The number of nitrogens with two attached hydrogens (primary N) is 1. The Balaban J connectivity index is 1.48. The zero-order valence-corrected chi connectivity index (χ0v) is 17.6. The van der Waals surface area contributed by atoms with Crippen LogP contribution in [-0.4, -0.2) is 18.9 Å². The lowest BCUT2D eigenvalue weighted by Crippen LogP contribution is -2.36. The van der Waals surface area contributed by atoms with Crippen molar-refractivity contribution < 1.29 is 18.7 Å². The number of hydrogen-bond acceptors (Lipinski definition) is 6. The Labute approximate surface area is 184 Å². The molecule has 2 amide bonds. The maximum Gasteiger partial charge on any atom is 0.271 e. The number of carbonyl (C=O) groups excluding carboxylic acids is 2. The van der Waals surface area contributed by atoms with E-state index in [9.17, 15) is 9.59 Å². The van der Waals surface area contributed by atoms with Gasteiger partial charge in [-0.25, -0.2) is 0 Å². The average Bonchev–Trinajstić information content (AvgIpc) is 3.14. The summed E-state index contributed by atoms with van der Waals surface area (Å²) in [5.41, 5.74) is 14.0. The Kier molecular flexibility index (Phi) is 5.67. The van der Waals surface area contributed by atoms with Crippen molar-refractivity contribution >= 4 is 45.1 Å². The fraction of sp³-hybridized carbons (Fsp3) is 0.0833. The second kappa shape index (κ2) is 8.73. The molecule has 4 aromatic rings. The smallest absolute Gasteiger partial charge is 0.271 e. The lowest BCUT2D eigenvalue weighted by molar-refractivity contribution is -0.112. The maximum absolute atomic E-state index is 12.5. The molecule has 1 aromatic heterocycles. The molecule has 0 aliphatic carbocycles. The molecule has 0 atom stereocenters.